The van der Waals surface area contributed by atoms with Gasteiger partial charge in [-0.2, -0.15) is 5.10 Å². The third kappa shape index (κ3) is 4.33. The smallest absolute Gasteiger partial charge is 0.119 e. The lowest BCUT2D eigenvalue weighted by Gasteiger charge is -2.11. The normalized spacial score (nSPS) is 10.8. The molecule has 0 N–H and O–H groups in total. The van der Waals surface area contributed by atoms with Crippen LogP contribution in [0.2, 0.25) is 0 Å². The first-order valence-corrected chi connectivity index (χ1v) is 10.6. The van der Waals surface area contributed by atoms with Gasteiger partial charge in [-0.1, -0.05) is 61.0 Å². The lowest BCUT2D eigenvalue weighted by atomic mass is 9.99. The molecule has 0 radical (unpaired) electrons. The summed E-state index contributed by atoms with van der Waals surface area (Å²) in [5.74, 6) is 1.67. The monoisotopic (exact) mass is 412 g/mol. The molecule has 31 heavy (non-hydrogen) atoms. The number of hydrogen-bond donors (Lipinski definition) is 0. The summed E-state index contributed by atoms with van der Waals surface area (Å²) in [5.41, 5.74) is 7.97. The second-order valence-electron chi connectivity index (χ2n) is 7.64. The van der Waals surface area contributed by atoms with Crippen LogP contribution >= 0.6 is 0 Å². The van der Waals surface area contributed by atoms with E-state index >= 15 is 0 Å². The highest BCUT2D eigenvalue weighted by Crippen LogP contribution is 2.35. The molecule has 1 aromatic heterocycles. The first kappa shape index (κ1) is 20.7. The Morgan fingerprint density at radius 3 is 2.10 bits per heavy atom. The van der Waals surface area contributed by atoms with Crippen molar-refractivity contribution < 1.29 is 9.47 Å². The molecule has 4 nitrogen and oxygen atoms in total. The first-order valence-electron chi connectivity index (χ1n) is 10.6. The summed E-state index contributed by atoms with van der Waals surface area (Å²) in [6.45, 7) is 5.00. The summed E-state index contributed by atoms with van der Waals surface area (Å²) in [4.78, 5) is 0. The number of nitrogens with zero attached hydrogens (tertiary/aromatic N) is 2. The van der Waals surface area contributed by atoms with Crippen LogP contribution in [0.4, 0.5) is 0 Å². The molecule has 4 rings (SSSR count). The van der Waals surface area contributed by atoms with E-state index in [4.69, 9.17) is 14.6 Å². The van der Waals surface area contributed by atoms with Crippen LogP contribution in [0.1, 0.15) is 23.6 Å². The Labute approximate surface area is 184 Å². The van der Waals surface area contributed by atoms with Crippen LogP contribution in [-0.4, -0.2) is 24.0 Å². The zero-order chi connectivity index (χ0) is 21.8. The van der Waals surface area contributed by atoms with Gasteiger partial charge in [0.1, 0.15) is 11.5 Å². The largest absolute Gasteiger partial charge is 0.497 e. The summed E-state index contributed by atoms with van der Waals surface area (Å²) in [5, 5.41) is 5.10. The highest BCUT2D eigenvalue weighted by Gasteiger charge is 2.20. The third-order valence-electron chi connectivity index (χ3n) is 5.51. The molecule has 4 heteroatoms. The van der Waals surface area contributed by atoms with Gasteiger partial charge in [0.2, 0.25) is 0 Å². The average molecular weight is 413 g/mol. The number of methoxy groups -OCH3 is 2. The van der Waals surface area contributed by atoms with Gasteiger partial charge in [0.05, 0.1) is 32.2 Å². The molecule has 0 aliphatic carbocycles. The minimum Gasteiger partial charge on any atom is -0.497 e. The van der Waals surface area contributed by atoms with Gasteiger partial charge in [-0.05, 0) is 43.2 Å². The van der Waals surface area contributed by atoms with Crippen molar-refractivity contribution in [3.8, 4) is 34.0 Å². The molecule has 4 aromatic rings. The van der Waals surface area contributed by atoms with Crippen molar-refractivity contribution in [3.63, 3.8) is 0 Å². The number of hydrogen-bond acceptors (Lipinski definition) is 3. The number of aryl methyl sites for hydroxylation is 1. The Bertz CT molecular complexity index is 1190. The maximum atomic E-state index is 5.50. The summed E-state index contributed by atoms with van der Waals surface area (Å²) in [6, 6.07) is 24.9. The number of ether oxygens (including phenoxy) is 2. The molecule has 1 heterocycles. The van der Waals surface area contributed by atoms with Gasteiger partial charge in [-0.15, -0.1) is 0 Å². The molecule has 3 aromatic carbocycles. The molecule has 0 saturated carbocycles. The predicted molar refractivity (Wildman–Crippen MR) is 126 cm³/mol. The van der Waals surface area contributed by atoms with Gasteiger partial charge >= 0.3 is 0 Å². The Hall–Kier alpha value is -3.53. The maximum Gasteiger partial charge on any atom is 0.119 e. The zero-order valence-corrected chi connectivity index (χ0v) is 18.6. The fourth-order valence-corrected chi connectivity index (χ4v) is 4.03. The summed E-state index contributed by atoms with van der Waals surface area (Å²) in [6.07, 6.45) is 0.868. The minimum absolute atomic E-state index is 0.700. The average Bonchev–Trinajstić information content (AvgIpc) is 3.17. The fraction of sp³-hybridized carbons (Fsp3) is 0.222. The zero-order valence-electron chi connectivity index (χ0n) is 18.6. The Morgan fingerprint density at radius 1 is 0.806 bits per heavy atom. The van der Waals surface area contributed by atoms with Crippen molar-refractivity contribution in [1.82, 2.24) is 9.78 Å². The number of aromatic nitrogens is 2. The van der Waals surface area contributed by atoms with Crippen LogP contribution in [0.3, 0.4) is 0 Å². The van der Waals surface area contributed by atoms with Gasteiger partial charge in [-0.3, -0.25) is 4.68 Å². The van der Waals surface area contributed by atoms with E-state index in [-0.39, 0.29) is 0 Å². The molecule has 0 bridgehead atoms. The Kier molecular flexibility index (Phi) is 6.08. The highest BCUT2D eigenvalue weighted by atomic mass is 16.5. The van der Waals surface area contributed by atoms with E-state index in [1.807, 2.05) is 30.3 Å². The van der Waals surface area contributed by atoms with Crippen LogP contribution in [0.15, 0.2) is 72.8 Å². The van der Waals surface area contributed by atoms with Gasteiger partial charge in [-0.25, -0.2) is 0 Å². The maximum absolute atomic E-state index is 5.50. The summed E-state index contributed by atoms with van der Waals surface area (Å²) in [7, 11) is 3.39. The molecule has 0 spiro atoms. The highest BCUT2D eigenvalue weighted by molar-refractivity contribution is 5.76. The molecule has 158 valence electrons. The van der Waals surface area contributed by atoms with Crippen LogP contribution < -0.4 is 9.47 Å². The van der Waals surface area contributed by atoms with Crippen LogP contribution in [0.5, 0.6) is 11.5 Å². The van der Waals surface area contributed by atoms with Crippen molar-refractivity contribution in [2.24, 2.45) is 0 Å². The Morgan fingerprint density at radius 2 is 1.45 bits per heavy atom. The molecule has 0 aliphatic rings. The van der Waals surface area contributed by atoms with Gasteiger partial charge in [0.25, 0.3) is 0 Å². The second-order valence-corrected chi connectivity index (χ2v) is 7.64. The molecular weight excluding hydrogens is 384 g/mol. The van der Waals surface area contributed by atoms with Crippen molar-refractivity contribution >= 4 is 0 Å². The predicted octanol–water partition coefficient (Wildman–Crippen LogP) is 6.15. The summed E-state index contributed by atoms with van der Waals surface area (Å²) >= 11 is 0. The standard InChI is InChI=1S/C27H28N2O2/c1-5-25-26(21-11-7-13-23(16-21)30-3)28-29(18-20-10-6-9-19(2)15-20)27(25)22-12-8-14-24(17-22)31-4/h6-17H,5,18H2,1-4H3. The molecule has 0 fully saturated rings. The van der Waals surface area contributed by atoms with E-state index in [0.717, 1.165) is 40.4 Å². The molecule has 0 atom stereocenters. The van der Waals surface area contributed by atoms with Gasteiger partial charge in [0, 0.05) is 16.7 Å². The van der Waals surface area contributed by atoms with Crippen molar-refractivity contribution in [2.45, 2.75) is 26.8 Å². The molecule has 0 unspecified atom stereocenters. The van der Waals surface area contributed by atoms with Crippen molar-refractivity contribution in [2.75, 3.05) is 14.2 Å². The van der Waals surface area contributed by atoms with Gasteiger partial charge < -0.3 is 9.47 Å². The second kappa shape index (κ2) is 9.09. The summed E-state index contributed by atoms with van der Waals surface area (Å²) < 4.78 is 13.1. The van der Waals surface area contributed by atoms with E-state index < -0.39 is 0 Å². The third-order valence-corrected chi connectivity index (χ3v) is 5.51. The minimum atomic E-state index is 0.700. The number of rotatable bonds is 7. The van der Waals surface area contributed by atoms with E-state index in [1.54, 1.807) is 14.2 Å². The van der Waals surface area contributed by atoms with E-state index in [2.05, 4.69) is 61.0 Å². The van der Waals surface area contributed by atoms with Crippen LogP contribution in [0.25, 0.3) is 22.5 Å². The van der Waals surface area contributed by atoms with Crippen LogP contribution in [0, 0.1) is 6.92 Å². The molecule has 0 saturated heterocycles. The van der Waals surface area contributed by atoms with Gasteiger partial charge in [0.15, 0.2) is 0 Å². The fourth-order valence-electron chi connectivity index (χ4n) is 4.03. The lowest BCUT2D eigenvalue weighted by Crippen LogP contribution is -2.05. The SMILES string of the molecule is CCc1c(-c2cccc(OC)c2)nn(Cc2cccc(C)c2)c1-c1cccc(OC)c1. The molecular formula is C27H28N2O2. The number of benzene rings is 3. The quantitative estimate of drug-likeness (QED) is 0.365. The van der Waals surface area contributed by atoms with E-state index in [0.29, 0.717) is 6.54 Å². The Balaban J connectivity index is 1.91. The van der Waals surface area contributed by atoms with Crippen LogP contribution in [-0.2, 0) is 13.0 Å². The molecule has 0 amide bonds. The topological polar surface area (TPSA) is 36.3 Å². The lowest BCUT2D eigenvalue weighted by molar-refractivity contribution is 0.415. The first-order chi connectivity index (χ1) is 15.1. The van der Waals surface area contributed by atoms with Crippen molar-refractivity contribution in [1.29, 1.82) is 0 Å². The van der Waals surface area contributed by atoms with E-state index in [1.165, 1.54) is 16.7 Å². The molecule has 0 aliphatic heterocycles. The van der Waals surface area contributed by atoms with E-state index in [9.17, 15) is 0 Å². The van der Waals surface area contributed by atoms with Crippen molar-refractivity contribution in [3.05, 3.63) is 89.5 Å².